The van der Waals surface area contributed by atoms with Crippen molar-refractivity contribution in [3.8, 4) is 5.69 Å². The summed E-state index contributed by atoms with van der Waals surface area (Å²) in [6.45, 7) is 1.76. The molecule has 2 N–H and O–H groups in total. The Morgan fingerprint density at radius 3 is 2.55 bits per heavy atom. The maximum absolute atomic E-state index is 13.8. The molecular weight excluding hydrogens is 349 g/mol. The number of fused-ring (bicyclic) bond motifs is 1. The van der Waals surface area contributed by atoms with Crippen molar-refractivity contribution < 1.29 is 4.39 Å². The standard InChI is InChI=1S/C16H13BrFN3O/c1-9(19)15-20-12-8-7-11(18)14(17)13(12)16(22)21(15)10-5-3-2-4-6-10/h2-9H,19H2,1H3/t9-/m0/s1. The first-order valence-electron chi connectivity index (χ1n) is 6.72. The highest BCUT2D eigenvalue weighted by atomic mass is 79.9. The molecule has 3 aromatic rings. The number of rotatable bonds is 2. The predicted octanol–water partition coefficient (Wildman–Crippen LogP) is 3.31. The van der Waals surface area contributed by atoms with Crippen molar-refractivity contribution in [1.29, 1.82) is 0 Å². The van der Waals surface area contributed by atoms with E-state index in [1.54, 1.807) is 19.1 Å². The highest BCUT2D eigenvalue weighted by Crippen LogP contribution is 2.25. The molecular formula is C16H13BrFN3O. The van der Waals surface area contributed by atoms with E-state index in [1.807, 2.05) is 18.2 Å². The van der Waals surface area contributed by atoms with Gasteiger partial charge < -0.3 is 5.73 Å². The Morgan fingerprint density at radius 2 is 1.91 bits per heavy atom. The molecule has 0 saturated carbocycles. The molecule has 1 atom stereocenters. The topological polar surface area (TPSA) is 60.9 Å². The van der Waals surface area contributed by atoms with Crippen LogP contribution < -0.4 is 11.3 Å². The second-order valence-corrected chi connectivity index (χ2v) is 5.78. The Kier molecular flexibility index (Phi) is 3.80. The molecule has 0 bridgehead atoms. The lowest BCUT2D eigenvalue weighted by molar-refractivity contribution is 0.622. The van der Waals surface area contributed by atoms with Crippen LogP contribution in [0.5, 0.6) is 0 Å². The molecule has 0 fully saturated rings. The summed E-state index contributed by atoms with van der Waals surface area (Å²) in [5.41, 5.74) is 6.68. The van der Waals surface area contributed by atoms with E-state index in [0.29, 0.717) is 17.0 Å². The summed E-state index contributed by atoms with van der Waals surface area (Å²) in [4.78, 5) is 17.4. The minimum absolute atomic E-state index is 0.114. The van der Waals surface area contributed by atoms with Crippen molar-refractivity contribution in [3.63, 3.8) is 0 Å². The Labute approximate surface area is 134 Å². The van der Waals surface area contributed by atoms with E-state index in [-0.39, 0.29) is 15.4 Å². The molecule has 0 spiro atoms. The van der Waals surface area contributed by atoms with Gasteiger partial charge in [0.1, 0.15) is 11.6 Å². The van der Waals surface area contributed by atoms with Crippen LogP contribution in [0.4, 0.5) is 4.39 Å². The number of hydrogen-bond acceptors (Lipinski definition) is 3. The van der Waals surface area contributed by atoms with E-state index in [1.165, 1.54) is 16.7 Å². The minimum Gasteiger partial charge on any atom is -0.322 e. The van der Waals surface area contributed by atoms with E-state index in [4.69, 9.17) is 5.73 Å². The van der Waals surface area contributed by atoms with Crippen molar-refractivity contribution in [3.05, 3.63) is 68.9 Å². The maximum atomic E-state index is 13.8. The highest BCUT2D eigenvalue weighted by molar-refractivity contribution is 9.10. The third-order valence-electron chi connectivity index (χ3n) is 3.38. The third-order valence-corrected chi connectivity index (χ3v) is 4.15. The van der Waals surface area contributed by atoms with Gasteiger partial charge in [0.15, 0.2) is 0 Å². The zero-order valence-electron chi connectivity index (χ0n) is 11.8. The van der Waals surface area contributed by atoms with Crippen LogP contribution in [0.1, 0.15) is 18.8 Å². The van der Waals surface area contributed by atoms with Gasteiger partial charge in [0.25, 0.3) is 5.56 Å². The fraction of sp³-hybridized carbons (Fsp3) is 0.125. The quantitative estimate of drug-likeness (QED) is 0.761. The number of nitrogens with zero attached hydrogens (tertiary/aromatic N) is 2. The molecule has 4 nitrogen and oxygen atoms in total. The van der Waals surface area contributed by atoms with Gasteiger partial charge in [0, 0.05) is 0 Å². The smallest absolute Gasteiger partial charge is 0.267 e. The minimum atomic E-state index is -0.500. The molecule has 22 heavy (non-hydrogen) atoms. The largest absolute Gasteiger partial charge is 0.322 e. The van der Waals surface area contributed by atoms with Gasteiger partial charge >= 0.3 is 0 Å². The van der Waals surface area contributed by atoms with Crippen LogP contribution in [0, 0.1) is 5.82 Å². The number of benzene rings is 2. The summed E-state index contributed by atoms with van der Waals surface area (Å²) < 4.78 is 15.3. The first-order valence-corrected chi connectivity index (χ1v) is 7.51. The Bertz CT molecular complexity index is 907. The SMILES string of the molecule is C[C@H](N)c1nc2ccc(F)c(Br)c2c(=O)n1-c1ccccc1. The van der Waals surface area contributed by atoms with Gasteiger partial charge in [0.2, 0.25) is 0 Å². The van der Waals surface area contributed by atoms with E-state index in [0.717, 1.165) is 0 Å². The second-order valence-electron chi connectivity index (χ2n) is 4.99. The molecule has 0 aliphatic heterocycles. The van der Waals surface area contributed by atoms with Crippen LogP contribution in [0.25, 0.3) is 16.6 Å². The van der Waals surface area contributed by atoms with Crippen LogP contribution in [0.2, 0.25) is 0 Å². The molecule has 1 aromatic heterocycles. The maximum Gasteiger partial charge on any atom is 0.267 e. The van der Waals surface area contributed by atoms with Crippen LogP contribution in [0.3, 0.4) is 0 Å². The molecule has 6 heteroatoms. The van der Waals surface area contributed by atoms with Crippen molar-refractivity contribution in [1.82, 2.24) is 9.55 Å². The second kappa shape index (κ2) is 5.62. The van der Waals surface area contributed by atoms with Gasteiger partial charge in [-0.2, -0.15) is 0 Å². The van der Waals surface area contributed by atoms with Gasteiger partial charge in [-0.1, -0.05) is 18.2 Å². The molecule has 0 saturated heterocycles. The molecule has 0 radical (unpaired) electrons. The van der Waals surface area contributed by atoms with Crippen molar-refractivity contribution in [2.45, 2.75) is 13.0 Å². The number of halogens is 2. The lowest BCUT2D eigenvalue weighted by Gasteiger charge is -2.16. The summed E-state index contributed by atoms with van der Waals surface area (Å²) in [6.07, 6.45) is 0. The average molecular weight is 362 g/mol. The number of hydrogen-bond donors (Lipinski definition) is 1. The van der Waals surface area contributed by atoms with Crippen molar-refractivity contribution >= 4 is 26.8 Å². The van der Waals surface area contributed by atoms with E-state index >= 15 is 0 Å². The monoisotopic (exact) mass is 361 g/mol. The molecule has 0 unspecified atom stereocenters. The molecule has 2 aromatic carbocycles. The third kappa shape index (κ3) is 2.34. The van der Waals surface area contributed by atoms with Crippen LogP contribution in [-0.2, 0) is 0 Å². The summed E-state index contributed by atoms with van der Waals surface area (Å²) >= 11 is 3.14. The predicted molar refractivity (Wildman–Crippen MR) is 87.6 cm³/mol. The van der Waals surface area contributed by atoms with E-state index < -0.39 is 11.9 Å². The summed E-state index contributed by atoms with van der Waals surface area (Å²) in [5.74, 6) is -0.0678. The van der Waals surface area contributed by atoms with Crippen LogP contribution in [-0.4, -0.2) is 9.55 Å². The van der Waals surface area contributed by atoms with E-state index in [9.17, 15) is 9.18 Å². The highest BCUT2D eigenvalue weighted by Gasteiger charge is 2.18. The fourth-order valence-corrected chi connectivity index (χ4v) is 2.86. The van der Waals surface area contributed by atoms with Crippen molar-refractivity contribution in [2.75, 3.05) is 0 Å². The summed E-state index contributed by atoms with van der Waals surface area (Å²) in [6, 6.07) is 11.4. The molecule has 0 amide bonds. The molecule has 0 aliphatic rings. The summed E-state index contributed by atoms with van der Waals surface area (Å²) in [5, 5.41) is 0.202. The first kappa shape index (κ1) is 14.9. The fourth-order valence-electron chi connectivity index (χ4n) is 2.36. The Morgan fingerprint density at radius 1 is 1.23 bits per heavy atom. The lowest BCUT2D eigenvalue weighted by Crippen LogP contribution is -2.27. The van der Waals surface area contributed by atoms with Gasteiger partial charge in [-0.05, 0) is 47.1 Å². The lowest BCUT2D eigenvalue weighted by atomic mass is 10.2. The number of nitrogens with two attached hydrogens (primary N) is 1. The van der Waals surface area contributed by atoms with Gasteiger partial charge in [-0.15, -0.1) is 0 Å². The van der Waals surface area contributed by atoms with Crippen molar-refractivity contribution in [2.24, 2.45) is 5.73 Å². The summed E-state index contributed by atoms with van der Waals surface area (Å²) in [7, 11) is 0. The zero-order chi connectivity index (χ0) is 15.9. The van der Waals surface area contributed by atoms with Gasteiger partial charge in [0.05, 0.1) is 27.1 Å². The number of aromatic nitrogens is 2. The first-order chi connectivity index (χ1) is 10.5. The molecule has 3 rings (SSSR count). The Balaban J connectivity index is 2.49. The van der Waals surface area contributed by atoms with E-state index in [2.05, 4.69) is 20.9 Å². The normalized spacial score (nSPS) is 12.5. The van der Waals surface area contributed by atoms with Gasteiger partial charge in [-0.3, -0.25) is 9.36 Å². The van der Waals surface area contributed by atoms with Gasteiger partial charge in [-0.25, -0.2) is 9.37 Å². The van der Waals surface area contributed by atoms with Crippen LogP contribution in [0.15, 0.2) is 51.7 Å². The van der Waals surface area contributed by atoms with Crippen LogP contribution >= 0.6 is 15.9 Å². The Hall–Kier alpha value is -2.05. The molecule has 1 heterocycles. The zero-order valence-corrected chi connectivity index (χ0v) is 13.3. The molecule has 0 aliphatic carbocycles. The average Bonchev–Trinajstić information content (AvgIpc) is 2.51. The molecule has 112 valence electrons. The number of para-hydroxylation sites is 1.